The Balaban J connectivity index is 2.63. The fourth-order valence-electron chi connectivity index (χ4n) is 1.50. The second-order valence-corrected chi connectivity index (χ2v) is 3.82. The molecule has 0 heterocycles. The average molecular weight is 268 g/mol. The van der Waals surface area contributed by atoms with Gasteiger partial charge in [-0.2, -0.15) is 0 Å². The fourth-order valence-corrected chi connectivity index (χ4v) is 1.50. The first-order chi connectivity index (χ1) is 9.19. The Labute approximate surface area is 113 Å². The molecule has 2 unspecified atom stereocenters. The Morgan fingerprint density at radius 1 is 1.26 bits per heavy atom. The minimum atomic E-state index is -0.999. The number of carbonyl (C=O) groups excluding carboxylic acids is 1. The Hall–Kier alpha value is -1.27. The molecule has 0 aliphatic carbocycles. The van der Waals surface area contributed by atoms with Gasteiger partial charge in [0.1, 0.15) is 0 Å². The number of Topliss-reactive ketones (excluding diaryl/α,β-unsaturated/α-hetero) is 1. The highest BCUT2D eigenvalue weighted by atomic mass is 16.8. The summed E-state index contributed by atoms with van der Waals surface area (Å²) >= 11 is 0. The van der Waals surface area contributed by atoms with Gasteiger partial charge in [-0.25, -0.2) is 0 Å². The molecule has 1 aromatic rings. The lowest BCUT2D eigenvalue weighted by Gasteiger charge is -2.21. The maximum Gasteiger partial charge on any atom is 0.224 e. The number of rotatable bonds is 9. The normalized spacial score (nSPS) is 14.1. The van der Waals surface area contributed by atoms with E-state index in [1.54, 1.807) is 38.1 Å². The molecule has 1 rings (SSSR count). The number of aliphatic hydroxyl groups excluding tert-OH is 1. The van der Waals surface area contributed by atoms with Crippen molar-refractivity contribution in [1.29, 1.82) is 0 Å². The minimum absolute atomic E-state index is 0.0976. The van der Waals surface area contributed by atoms with Gasteiger partial charge in [-0.05, 0) is 13.8 Å². The number of carbonyl (C=O) groups is 1. The third kappa shape index (κ3) is 5.48. The Morgan fingerprint density at radius 3 is 2.53 bits per heavy atom. The number of aliphatic hydroxyl groups is 1. The zero-order valence-corrected chi connectivity index (χ0v) is 11.2. The van der Waals surface area contributed by atoms with Gasteiger partial charge in [0.15, 0.2) is 6.29 Å². The summed E-state index contributed by atoms with van der Waals surface area (Å²) in [4.78, 5) is 12.2. The molecule has 0 saturated heterocycles. The van der Waals surface area contributed by atoms with E-state index in [2.05, 4.69) is 0 Å². The van der Waals surface area contributed by atoms with E-state index in [1.165, 1.54) is 0 Å². The zero-order valence-electron chi connectivity index (χ0n) is 11.2. The summed E-state index contributed by atoms with van der Waals surface area (Å²) in [5.74, 6) is -0.248. The van der Waals surface area contributed by atoms with Gasteiger partial charge in [0, 0.05) is 12.2 Å². The summed E-state index contributed by atoms with van der Waals surface area (Å²) in [5, 5.41) is 8.66. The summed E-state index contributed by atoms with van der Waals surface area (Å²) < 4.78 is 15.8. The number of hydrogen-bond acceptors (Lipinski definition) is 5. The number of ether oxygens (including phenoxy) is 3. The van der Waals surface area contributed by atoms with Crippen LogP contribution in [0.3, 0.4) is 0 Å². The molecule has 2 atom stereocenters. The molecular formula is C14H20O5. The van der Waals surface area contributed by atoms with Gasteiger partial charge in [-0.1, -0.05) is 30.3 Å². The highest BCUT2D eigenvalue weighted by Crippen LogP contribution is 2.10. The van der Waals surface area contributed by atoms with Gasteiger partial charge in [0.2, 0.25) is 12.1 Å². The molecule has 0 aromatic heterocycles. The van der Waals surface area contributed by atoms with Crippen LogP contribution in [0.2, 0.25) is 0 Å². The minimum Gasteiger partial charge on any atom is -0.394 e. The average Bonchev–Trinajstić information content (AvgIpc) is 2.45. The van der Waals surface area contributed by atoms with E-state index in [0.717, 1.165) is 0 Å². The fraction of sp³-hybridized carbons (Fsp3) is 0.500. The van der Waals surface area contributed by atoms with Crippen molar-refractivity contribution in [2.45, 2.75) is 26.4 Å². The highest BCUT2D eigenvalue weighted by molar-refractivity contribution is 5.98. The predicted molar refractivity (Wildman–Crippen MR) is 69.8 cm³/mol. The second-order valence-electron chi connectivity index (χ2n) is 3.82. The highest BCUT2D eigenvalue weighted by Gasteiger charge is 2.23. The summed E-state index contributed by atoms with van der Waals surface area (Å²) in [7, 11) is 0. The molecule has 0 amide bonds. The lowest BCUT2D eigenvalue weighted by molar-refractivity contribution is -0.218. The van der Waals surface area contributed by atoms with E-state index < -0.39 is 12.6 Å². The summed E-state index contributed by atoms with van der Waals surface area (Å²) in [6.07, 6.45) is -1.63. The standard InChI is InChI=1S/C14H20O5/c1-3-17-14(19-11(2)18-10-9-15)13(16)12-7-5-4-6-8-12/h4-8,11,14-15H,3,9-10H2,1-2H3. The first-order valence-corrected chi connectivity index (χ1v) is 6.27. The van der Waals surface area contributed by atoms with Gasteiger partial charge < -0.3 is 19.3 Å². The number of ketones is 1. The molecule has 19 heavy (non-hydrogen) atoms. The first-order valence-electron chi connectivity index (χ1n) is 6.27. The molecule has 0 radical (unpaired) electrons. The van der Waals surface area contributed by atoms with E-state index in [-0.39, 0.29) is 19.0 Å². The zero-order chi connectivity index (χ0) is 14.1. The maximum absolute atomic E-state index is 12.2. The maximum atomic E-state index is 12.2. The van der Waals surface area contributed by atoms with Crippen molar-refractivity contribution in [3.8, 4) is 0 Å². The predicted octanol–water partition coefficient (Wildman–Crippen LogP) is 1.60. The monoisotopic (exact) mass is 268 g/mol. The topological polar surface area (TPSA) is 65.0 Å². The SMILES string of the molecule is CCOC(OC(C)OCCO)C(=O)c1ccccc1. The molecule has 0 bridgehead atoms. The third-order valence-electron chi connectivity index (χ3n) is 2.35. The van der Waals surface area contributed by atoms with Gasteiger partial charge in [0.05, 0.1) is 13.2 Å². The van der Waals surface area contributed by atoms with Crippen molar-refractivity contribution >= 4 is 5.78 Å². The molecule has 5 heteroatoms. The Kier molecular flexibility index (Phi) is 7.28. The van der Waals surface area contributed by atoms with Crippen LogP contribution in [0.4, 0.5) is 0 Å². The van der Waals surface area contributed by atoms with Crippen LogP contribution in [0, 0.1) is 0 Å². The van der Waals surface area contributed by atoms with Crippen LogP contribution in [0.5, 0.6) is 0 Å². The molecule has 0 saturated carbocycles. The lowest BCUT2D eigenvalue weighted by Crippen LogP contribution is -2.32. The van der Waals surface area contributed by atoms with Gasteiger partial charge in [-0.15, -0.1) is 0 Å². The van der Waals surface area contributed by atoms with Crippen LogP contribution in [-0.4, -0.2) is 43.3 Å². The smallest absolute Gasteiger partial charge is 0.224 e. The molecular weight excluding hydrogens is 248 g/mol. The van der Waals surface area contributed by atoms with E-state index in [9.17, 15) is 4.79 Å². The molecule has 5 nitrogen and oxygen atoms in total. The second kappa shape index (κ2) is 8.77. The molecule has 0 aliphatic heterocycles. The molecule has 0 aliphatic rings. The Bertz CT molecular complexity index is 365. The van der Waals surface area contributed by atoms with Gasteiger partial charge in [-0.3, -0.25) is 4.79 Å². The van der Waals surface area contributed by atoms with Gasteiger partial charge >= 0.3 is 0 Å². The molecule has 1 aromatic carbocycles. The van der Waals surface area contributed by atoms with E-state index in [0.29, 0.717) is 12.2 Å². The van der Waals surface area contributed by atoms with Crippen molar-refractivity contribution in [2.75, 3.05) is 19.8 Å². The molecule has 0 fully saturated rings. The Morgan fingerprint density at radius 2 is 1.95 bits per heavy atom. The van der Waals surface area contributed by atoms with Crippen LogP contribution >= 0.6 is 0 Å². The molecule has 106 valence electrons. The molecule has 1 N–H and O–H groups in total. The van der Waals surface area contributed by atoms with Crippen LogP contribution < -0.4 is 0 Å². The van der Waals surface area contributed by atoms with Crippen molar-refractivity contribution in [3.05, 3.63) is 35.9 Å². The number of hydrogen-bond donors (Lipinski definition) is 1. The van der Waals surface area contributed by atoms with Crippen molar-refractivity contribution in [3.63, 3.8) is 0 Å². The van der Waals surface area contributed by atoms with E-state index >= 15 is 0 Å². The van der Waals surface area contributed by atoms with Gasteiger partial charge in [0.25, 0.3) is 0 Å². The van der Waals surface area contributed by atoms with Crippen LogP contribution in [0.15, 0.2) is 30.3 Å². The van der Waals surface area contributed by atoms with E-state index in [1.807, 2.05) is 6.07 Å². The van der Waals surface area contributed by atoms with E-state index in [4.69, 9.17) is 19.3 Å². The summed E-state index contributed by atoms with van der Waals surface area (Å²) in [6.45, 7) is 3.85. The van der Waals surface area contributed by atoms with Crippen molar-refractivity contribution in [1.82, 2.24) is 0 Å². The molecule has 0 spiro atoms. The number of benzene rings is 1. The quantitative estimate of drug-likeness (QED) is 0.544. The first kappa shape index (κ1) is 15.8. The largest absolute Gasteiger partial charge is 0.394 e. The lowest BCUT2D eigenvalue weighted by atomic mass is 10.1. The summed E-state index contributed by atoms with van der Waals surface area (Å²) in [6, 6.07) is 8.80. The summed E-state index contributed by atoms with van der Waals surface area (Å²) in [5.41, 5.74) is 0.523. The van der Waals surface area contributed by atoms with Crippen molar-refractivity contribution < 1.29 is 24.1 Å². The third-order valence-corrected chi connectivity index (χ3v) is 2.35. The van der Waals surface area contributed by atoms with Crippen LogP contribution in [0.1, 0.15) is 24.2 Å². The van der Waals surface area contributed by atoms with Crippen molar-refractivity contribution in [2.24, 2.45) is 0 Å². The van der Waals surface area contributed by atoms with Crippen LogP contribution in [0.25, 0.3) is 0 Å². The van der Waals surface area contributed by atoms with Crippen LogP contribution in [-0.2, 0) is 14.2 Å².